The summed E-state index contributed by atoms with van der Waals surface area (Å²) < 4.78 is 0. The summed E-state index contributed by atoms with van der Waals surface area (Å²) >= 11 is 0. The van der Waals surface area contributed by atoms with Crippen molar-refractivity contribution in [3.05, 3.63) is 0 Å². The van der Waals surface area contributed by atoms with Crippen LogP contribution in [-0.4, -0.2) is 417 Å². The summed E-state index contributed by atoms with van der Waals surface area (Å²) in [6.07, 6.45) is 0. The van der Waals surface area contributed by atoms with Gasteiger partial charge in [-0.3, -0.25) is 0 Å². The predicted octanol–water partition coefficient (Wildman–Crippen LogP) is -51.4. The van der Waals surface area contributed by atoms with Crippen molar-refractivity contribution in [3.63, 3.8) is 0 Å². The van der Waals surface area contributed by atoms with Gasteiger partial charge in [0.05, 0.1) is 0 Å². The van der Waals surface area contributed by atoms with Crippen molar-refractivity contribution < 1.29 is 329 Å². The molecule has 0 saturated heterocycles. The maximum absolute atomic E-state index is 0. The monoisotopic (exact) mass is 1150 g/mol. The summed E-state index contributed by atoms with van der Waals surface area (Å²) in [5.74, 6) is 0. The molecule has 486 valence electrons. The van der Waals surface area contributed by atoms with Gasteiger partial charge >= 0.3 is 88.7 Å². The summed E-state index contributed by atoms with van der Waals surface area (Å²) in [5, 5.41) is 0. The number of hydrogen-bond donors (Lipinski definition) is 0. The van der Waals surface area contributed by atoms with Gasteiger partial charge in [-0.15, -0.1) is 0 Å². The third kappa shape index (κ3) is 639000. The van der Waals surface area contributed by atoms with Crippen LogP contribution in [0.15, 0.2) is 0 Å². The van der Waals surface area contributed by atoms with Gasteiger partial charge in [-0.1, -0.05) is 0 Å². The molecule has 0 fully saturated rings. The second kappa shape index (κ2) is 660000. The van der Waals surface area contributed by atoms with Crippen LogP contribution in [0.3, 0.4) is 0 Å². The molecule has 0 aromatic carbocycles. The Hall–Kier alpha value is 0.600. The van der Waals surface area contributed by atoms with E-state index in [0.29, 0.717) is 0 Å². The SMILES string of the molecule is O.O.O.O.O.O.O.O.O.O.O.O.O.O.O.O.O.O.O.O.O.O.O.O.O.O.O.O.O.O.O.O.O.O.O.O.O.O.O.O.O.O.O.O.O.O.O.O.O.O.O.O.O.O.O.O.O.O.O.O.[NaH].[NaH].[NaH]. The molecular formula is H123Na3O60. The Bertz CT molecular complexity index is 17.4. The molecule has 0 spiro atoms. The summed E-state index contributed by atoms with van der Waals surface area (Å²) in [4.78, 5) is 0. The fourth-order valence-electron chi connectivity index (χ4n) is 0. The molecule has 0 rings (SSSR count). The van der Waals surface area contributed by atoms with Crippen LogP contribution < -0.4 is 0 Å². The van der Waals surface area contributed by atoms with Crippen LogP contribution in [0, 0.1) is 0 Å². The zero-order chi connectivity index (χ0) is 0. The van der Waals surface area contributed by atoms with Crippen LogP contribution in [0.2, 0.25) is 0 Å². The van der Waals surface area contributed by atoms with E-state index in [9.17, 15) is 0 Å². The summed E-state index contributed by atoms with van der Waals surface area (Å²) in [6.45, 7) is 0. The first-order valence-corrected chi connectivity index (χ1v) is 0. The second-order valence-electron chi connectivity index (χ2n) is 0. The summed E-state index contributed by atoms with van der Waals surface area (Å²) in [7, 11) is 0. The second-order valence-corrected chi connectivity index (χ2v) is 0. The molecule has 0 aliphatic rings. The van der Waals surface area contributed by atoms with E-state index in [1.54, 1.807) is 0 Å². The average molecular weight is 1150 g/mol. The minimum atomic E-state index is 0. The third-order valence-electron chi connectivity index (χ3n) is 0. The van der Waals surface area contributed by atoms with Crippen molar-refractivity contribution in [1.82, 2.24) is 0 Å². The zero-order valence-electron chi connectivity index (χ0n) is 30.0. The van der Waals surface area contributed by atoms with Gasteiger partial charge in [0.15, 0.2) is 0 Å². The van der Waals surface area contributed by atoms with Crippen molar-refractivity contribution in [3.8, 4) is 0 Å². The standard InChI is InChI=1S/3Na.60H2O.3H/h;;;60*1H2;;;. The molecular weight excluding hydrogens is 1030 g/mol. The van der Waals surface area contributed by atoms with Gasteiger partial charge in [0.2, 0.25) is 0 Å². The average Bonchev–Trinajstić information content (AvgIpc) is 0. The first-order valence-electron chi connectivity index (χ1n) is 0. The summed E-state index contributed by atoms with van der Waals surface area (Å²) in [5.41, 5.74) is 0. The fraction of sp³-hybridized carbons (Fsp3) is 0. The molecule has 0 aromatic rings. The molecule has 63 heteroatoms. The minimum absolute atomic E-state index is 0. The predicted molar refractivity (Wildman–Crippen MR) is 238 cm³/mol. The normalized spacial score (nSPS) is 0. The Labute approximate surface area is 415 Å². The molecule has 0 radical (unpaired) electrons. The van der Waals surface area contributed by atoms with Crippen LogP contribution in [0.4, 0.5) is 0 Å². The molecule has 0 amide bonds. The first-order chi connectivity index (χ1) is 0. The molecule has 60 nitrogen and oxygen atoms in total. The van der Waals surface area contributed by atoms with Gasteiger partial charge in [0, 0.05) is 0 Å². The Balaban J connectivity index is 0. The van der Waals surface area contributed by atoms with E-state index < -0.39 is 0 Å². The van der Waals surface area contributed by atoms with Gasteiger partial charge in [-0.2, -0.15) is 0 Å². The zero-order valence-corrected chi connectivity index (χ0v) is 30.0. The van der Waals surface area contributed by atoms with Crippen molar-refractivity contribution in [1.29, 1.82) is 0 Å². The Morgan fingerprint density at radius 3 is 0.0317 bits per heavy atom. The van der Waals surface area contributed by atoms with E-state index in [1.165, 1.54) is 0 Å². The summed E-state index contributed by atoms with van der Waals surface area (Å²) in [6, 6.07) is 0. The molecule has 0 atom stereocenters. The fourth-order valence-corrected chi connectivity index (χ4v) is 0. The van der Waals surface area contributed by atoms with Crippen molar-refractivity contribution in [2.24, 2.45) is 0 Å². The molecule has 0 aromatic heterocycles. The number of rotatable bonds is 0. The topological polar surface area (TPSA) is 1890 Å². The van der Waals surface area contributed by atoms with Gasteiger partial charge in [-0.05, 0) is 0 Å². The van der Waals surface area contributed by atoms with Crippen LogP contribution in [-0.2, 0) is 0 Å². The number of hydrogen-bond acceptors (Lipinski definition) is 0. The van der Waals surface area contributed by atoms with E-state index in [2.05, 4.69) is 0 Å². The van der Waals surface area contributed by atoms with Crippen LogP contribution in [0.5, 0.6) is 0 Å². The van der Waals surface area contributed by atoms with Crippen LogP contribution in [0.1, 0.15) is 0 Å². The van der Waals surface area contributed by atoms with E-state index in [4.69, 9.17) is 0 Å². The molecule has 120 N–H and O–H groups in total. The molecule has 0 bridgehead atoms. The van der Waals surface area contributed by atoms with Gasteiger partial charge in [-0.25, -0.2) is 0 Å². The van der Waals surface area contributed by atoms with Crippen molar-refractivity contribution >= 4 is 88.7 Å². The van der Waals surface area contributed by atoms with Gasteiger partial charge in [0.1, 0.15) is 0 Å². The van der Waals surface area contributed by atoms with E-state index in [-0.39, 0.29) is 417 Å². The molecule has 63 heavy (non-hydrogen) atoms. The van der Waals surface area contributed by atoms with Crippen molar-refractivity contribution in [2.75, 3.05) is 0 Å². The third-order valence-corrected chi connectivity index (χ3v) is 0. The molecule has 0 aliphatic heterocycles. The first kappa shape index (κ1) is 692000. The van der Waals surface area contributed by atoms with Crippen molar-refractivity contribution in [2.45, 2.75) is 0 Å². The Kier molecular flexibility index (Phi) is 7250000000. The maximum atomic E-state index is 0. The van der Waals surface area contributed by atoms with E-state index in [1.807, 2.05) is 0 Å². The molecule has 0 unspecified atom stereocenters. The van der Waals surface area contributed by atoms with Gasteiger partial charge in [0.25, 0.3) is 0 Å². The Morgan fingerprint density at radius 2 is 0.0317 bits per heavy atom. The van der Waals surface area contributed by atoms with E-state index in [0.717, 1.165) is 0 Å². The molecule has 0 heterocycles. The Morgan fingerprint density at radius 1 is 0.0317 bits per heavy atom. The quantitative estimate of drug-likeness (QED) is 0.204. The van der Waals surface area contributed by atoms with E-state index >= 15 is 0 Å². The van der Waals surface area contributed by atoms with Gasteiger partial charge < -0.3 is 329 Å². The molecule has 0 aliphatic carbocycles. The molecule has 0 saturated carbocycles. The van der Waals surface area contributed by atoms with Crippen LogP contribution >= 0.6 is 0 Å². The van der Waals surface area contributed by atoms with Crippen LogP contribution in [0.25, 0.3) is 0 Å².